The Labute approximate surface area is 237 Å². The number of rotatable bonds is 7. The van der Waals surface area contributed by atoms with E-state index in [-0.39, 0.29) is 0 Å². The molecule has 170 valence electrons. The van der Waals surface area contributed by atoms with Crippen molar-refractivity contribution >= 4 is 104 Å². The van der Waals surface area contributed by atoms with Crippen LogP contribution < -0.4 is 0 Å². The van der Waals surface area contributed by atoms with Crippen molar-refractivity contribution in [3.63, 3.8) is 0 Å². The predicted molar refractivity (Wildman–Crippen MR) is 164 cm³/mol. The van der Waals surface area contributed by atoms with Crippen molar-refractivity contribution in [1.82, 2.24) is 0 Å². The van der Waals surface area contributed by atoms with Gasteiger partial charge in [-0.2, -0.15) is 0 Å². The minimum absolute atomic E-state index is 1.14. The first-order chi connectivity index (χ1) is 16.8. The van der Waals surface area contributed by atoms with Crippen molar-refractivity contribution < 1.29 is 0 Å². The van der Waals surface area contributed by atoms with Crippen molar-refractivity contribution in [2.45, 2.75) is 39.2 Å². The van der Waals surface area contributed by atoms with Crippen molar-refractivity contribution in [2.75, 3.05) is 0 Å². The molecule has 0 N–H and O–H groups in total. The molecule has 0 nitrogen and oxygen atoms in total. The summed E-state index contributed by atoms with van der Waals surface area (Å²) in [5, 5.41) is 0. The monoisotopic (exact) mass is 710 g/mol. The molecule has 6 rings (SSSR count). The third-order valence-corrected chi connectivity index (χ3v) is 38.9. The Balaban J connectivity index is 1.12. The summed E-state index contributed by atoms with van der Waals surface area (Å²) < 4.78 is 0. The molecule has 4 aromatic carbocycles. The predicted octanol–water partition coefficient (Wildman–Crippen LogP) is 10.4. The van der Waals surface area contributed by atoms with E-state index in [0.717, 1.165) is 0 Å². The minimum atomic E-state index is -1.14. The normalized spacial score (nSPS) is 15.4. The van der Waals surface area contributed by atoms with E-state index in [1.54, 1.807) is 0 Å². The fourth-order valence-corrected chi connectivity index (χ4v) is 43.9. The Morgan fingerprint density at radius 3 is 1.03 bits per heavy atom. The number of benzene rings is 4. The fraction of sp³-hybridized carbons (Fsp3) is 0. The summed E-state index contributed by atoms with van der Waals surface area (Å²) in [5.74, 6) is 0. The van der Waals surface area contributed by atoms with Gasteiger partial charge >= 0.3 is 240 Å². The number of fused-ring (bicyclic) bond motifs is 2. The number of hydrogen-bond acceptors (Lipinski definition) is 8. The van der Waals surface area contributed by atoms with Crippen LogP contribution in [0, 0.1) is 0 Å². The average Bonchev–Trinajstić information content (AvgIpc) is 3.47. The van der Waals surface area contributed by atoms with Gasteiger partial charge in [-0.05, 0) is 0 Å². The van der Waals surface area contributed by atoms with Crippen LogP contribution >= 0.6 is 81.7 Å². The Hall–Kier alpha value is 0.797. The molecule has 0 saturated carbocycles. The summed E-state index contributed by atoms with van der Waals surface area (Å²) in [6.45, 7) is 0. The zero-order valence-corrected chi connectivity index (χ0v) is 27.7. The third kappa shape index (κ3) is 6.09. The zero-order valence-electron chi connectivity index (χ0n) is 17.4. The van der Waals surface area contributed by atoms with Crippen LogP contribution in [0.1, 0.15) is 0 Å². The van der Waals surface area contributed by atoms with E-state index in [9.17, 15) is 0 Å². The molecule has 0 atom stereocenters. The van der Waals surface area contributed by atoms with E-state index < -0.39 is 22.4 Å². The third-order valence-electron chi connectivity index (χ3n) is 4.66. The van der Waals surface area contributed by atoms with Crippen molar-refractivity contribution in [1.29, 1.82) is 0 Å². The van der Waals surface area contributed by atoms with Gasteiger partial charge in [-0.25, -0.2) is 0 Å². The second-order valence-corrected chi connectivity index (χ2v) is 40.3. The van der Waals surface area contributed by atoms with Gasteiger partial charge in [-0.3, -0.25) is 0 Å². The molecule has 0 saturated heterocycles. The van der Waals surface area contributed by atoms with Crippen LogP contribution in [0.2, 0.25) is 0 Å². The second kappa shape index (κ2) is 12.1. The molecule has 0 unspecified atom stereocenters. The topological polar surface area (TPSA) is 0 Å². The van der Waals surface area contributed by atoms with Gasteiger partial charge in [-0.1, -0.05) is 0 Å². The molecule has 0 spiro atoms. The molecule has 10 heteroatoms. The van der Waals surface area contributed by atoms with E-state index in [1.807, 2.05) is 21.6 Å². The zero-order chi connectivity index (χ0) is 22.7. The van der Waals surface area contributed by atoms with Crippen LogP contribution in [0.3, 0.4) is 0 Å². The summed E-state index contributed by atoms with van der Waals surface area (Å²) >= 11 is -2.27. The van der Waals surface area contributed by atoms with Gasteiger partial charge < -0.3 is 0 Å². The van der Waals surface area contributed by atoms with Gasteiger partial charge in [0, 0.05) is 0 Å². The molecule has 4 aromatic rings. The Bertz CT molecular complexity index is 1170. The van der Waals surface area contributed by atoms with Gasteiger partial charge in [0.25, 0.3) is 0 Å². The van der Waals surface area contributed by atoms with Gasteiger partial charge in [0.05, 0.1) is 0 Å². The molecule has 0 aliphatic carbocycles. The SMILES string of the molecule is c1ccc(S[As]2Sc3ccccc3S2)c(SSc2ccccc2S[As]2Sc3ccccc3S2)c1. The Morgan fingerprint density at radius 2 is 0.676 bits per heavy atom. The van der Waals surface area contributed by atoms with Gasteiger partial charge in [0.2, 0.25) is 0 Å². The molecule has 0 fully saturated rings. The van der Waals surface area contributed by atoms with Crippen molar-refractivity contribution in [3.05, 3.63) is 97.1 Å². The van der Waals surface area contributed by atoms with Crippen molar-refractivity contribution in [2.24, 2.45) is 0 Å². The average molecular weight is 711 g/mol. The van der Waals surface area contributed by atoms with Crippen LogP contribution in [0.25, 0.3) is 0 Å². The Morgan fingerprint density at radius 1 is 0.382 bits per heavy atom. The molecule has 2 aliphatic heterocycles. The molecule has 0 bridgehead atoms. The molecule has 0 amide bonds. The molecule has 2 aliphatic rings. The van der Waals surface area contributed by atoms with Gasteiger partial charge in [-0.15, -0.1) is 0 Å². The molecular weight excluding hydrogens is 695 g/mol. The van der Waals surface area contributed by atoms with Crippen LogP contribution in [0.4, 0.5) is 0 Å². The Kier molecular flexibility index (Phi) is 8.94. The quantitative estimate of drug-likeness (QED) is 0.136. The van der Waals surface area contributed by atoms with E-state index in [2.05, 4.69) is 157 Å². The van der Waals surface area contributed by atoms with Crippen LogP contribution in [-0.2, 0) is 0 Å². The maximum absolute atomic E-state index is 2.31. The summed E-state index contributed by atoms with van der Waals surface area (Å²) in [6, 6.07) is 35.7. The van der Waals surface area contributed by atoms with Gasteiger partial charge in [0.1, 0.15) is 0 Å². The van der Waals surface area contributed by atoms with E-state index >= 15 is 0 Å². The summed E-state index contributed by atoms with van der Waals surface area (Å²) in [5.41, 5.74) is 0. The van der Waals surface area contributed by atoms with Crippen LogP contribution in [0.5, 0.6) is 0 Å². The standard InChI is InChI=1S/C24H16As2S8/c1-2-10-18-17(9-1)27-25(28-18)31-21-13-5-7-15-23(21)33-34-24-16-8-6-14-22(24)32-26-29-19-11-3-4-12-20(19)30-26/h1-16H. The van der Waals surface area contributed by atoms with E-state index in [4.69, 9.17) is 0 Å². The summed E-state index contributed by atoms with van der Waals surface area (Å²) in [7, 11) is 16.6. The molecule has 2 heterocycles. The van der Waals surface area contributed by atoms with Crippen LogP contribution in [-0.4, -0.2) is 22.4 Å². The molecule has 34 heavy (non-hydrogen) atoms. The maximum atomic E-state index is 2.31. The molecule has 0 aromatic heterocycles. The van der Waals surface area contributed by atoms with Gasteiger partial charge in [0.15, 0.2) is 0 Å². The molecule has 0 radical (unpaired) electrons. The first-order valence-corrected chi connectivity index (χ1v) is 30.8. The first-order valence-electron chi connectivity index (χ1n) is 10.2. The van der Waals surface area contributed by atoms with E-state index in [0.29, 0.717) is 0 Å². The molecular formula is C24H16As2S8. The van der Waals surface area contributed by atoms with Crippen LogP contribution in [0.15, 0.2) is 136 Å². The summed E-state index contributed by atoms with van der Waals surface area (Å²) in [6.07, 6.45) is 0. The van der Waals surface area contributed by atoms with Crippen molar-refractivity contribution in [3.8, 4) is 0 Å². The summed E-state index contributed by atoms with van der Waals surface area (Å²) in [4.78, 5) is 11.5. The first kappa shape index (κ1) is 25.1. The van der Waals surface area contributed by atoms with E-state index in [1.165, 1.54) is 39.2 Å². The fourth-order valence-electron chi connectivity index (χ4n) is 3.07. The number of hydrogen-bond donors (Lipinski definition) is 0. The second-order valence-electron chi connectivity index (χ2n) is 6.95.